The van der Waals surface area contributed by atoms with Crippen molar-refractivity contribution in [1.29, 1.82) is 0 Å². The molecule has 0 spiro atoms. The van der Waals surface area contributed by atoms with Crippen LogP contribution >= 0.6 is 0 Å². The summed E-state index contributed by atoms with van der Waals surface area (Å²) < 4.78 is 5.77. The van der Waals surface area contributed by atoms with Crippen LogP contribution in [0.15, 0.2) is 60.7 Å². The Labute approximate surface area is 219 Å². The molecule has 4 rings (SSSR count). The maximum atomic E-state index is 13.3. The summed E-state index contributed by atoms with van der Waals surface area (Å²) in [5, 5.41) is 16.4. The molecule has 0 unspecified atom stereocenters. The fourth-order valence-electron chi connectivity index (χ4n) is 4.81. The molecule has 6 nitrogen and oxygen atoms in total. The van der Waals surface area contributed by atoms with Crippen molar-refractivity contribution in [3.05, 3.63) is 82.9 Å². The first-order valence-electron chi connectivity index (χ1n) is 13.2. The van der Waals surface area contributed by atoms with Gasteiger partial charge in [0, 0.05) is 0 Å². The van der Waals surface area contributed by atoms with Gasteiger partial charge in [-0.2, -0.15) is 0 Å². The number of fused-ring (bicyclic) bond motifs is 3. The smallest absolute Gasteiger partial charge is 0.322 e. The molecule has 0 heterocycles. The number of phenols is 1. The number of unbranched alkanes of at least 4 members (excludes halogenated alkanes) is 2. The van der Waals surface area contributed by atoms with Gasteiger partial charge in [0.05, 0.1) is 18.2 Å². The molecule has 0 fully saturated rings. The Morgan fingerprint density at radius 1 is 0.946 bits per heavy atom. The predicted molar refractivity (Wildman–Crippen MR) is 146 cm³/mol. The van der Waals surface area contributed by atoms with Crippen LogP contribution in [-0.4, -0.2) is 23.7 Å². The van der Waals surface area contributed by atoms with Gasteiger partial charge >= 0.3 is 6.03 Å². The van der Waals surface area contributed by atoms with Gasteiger partial charge in [0.2, 0.25) is 0 Å². The molecule has 0 saturated heterocycles. The molecule has 0 atom stereocenters. The first kappa shape index (κ1) is 26.3. The number of urea groups is 1. The second kappa shape index (κ2) is 12.0. The van der Waals surface area contributed by atoms with Gasteiger partial charge in [-0.05, 0) is 59.1 Å². The average molecular weight is 501 g/mol. The van der Waals surface area contributed by atoms with E-state index >= 15 is 0 Å². The molecule has 194 valence electrons. The van der Waals surface area contributed by atoms with Crippen molar-refractivity contribution in [1.82, 2.24) is 10.6 Å². The van der Waals surface area contributed by atoms with Gasteiger partial charge in [-0.1, -0.05) is 88.2 Å². The van der Waals surface area contributed by atoms with Crippen molar-refractivity contribution < 1.29 is 19.4 Å². The zero-order chi connectivity index (χ0) is 26.4. The number of aryl methyl sites for hydroxylation is 1. The second-order valence-electron chi connectivity index (χ2n) is 9.97. The quantitative estimate of drug-likeness (QED) is 0.268. The zero-order valence-corrected chi connectivity index (χ0v) is 21.8. The number of nitrogens with one attached hydrogen (secondary N) is 2. The van der Waals surface area contributed by atoms with Crippen molar-refractivity contribution in [2.45, 2.75) is 58.9 Å². The van der Waals surface area contributed by atoms with Crippen molar-refractivity contribution in [3.63, 3.8) is 0 Å². The topological polar surface area (TPSA) is 87.7 Å². The lowest BCUT2D eigenvalue weighted by Crippen LogP contribution is -2.41. The summed E-state index contributed by atoms with van der Waals surface area (Å²) in [4.78, 5) is 26.4. The number of rotatable bonds is 10. The summed E-state index contributed by atoms with van der Waals surface area (Å²) in [5.74, 6) is -0.186. The van der Waals surface area contributed by atoms with E-state index in [-0.39, 0.29) is 23.1 Å². The third-order valence-electron chi connectivity index (χ3n) is 6.79. The van der Waals surface area contributed by atoms with Crippen LogP contribution in [0, 0.1) is 5.92 Å². The number of amides is 3. The normalized spacial score (nSPS) is 12.2. The number of aromatic hydroxyl groups is 1. The lowest BCUT2D eigenvalue weighted by atomic mass is 9.97. The Hall–Kier alpha value is -3.80. The molecule has 3 amide bonds. The van der Waals surface area contributed by atoms with Crippen LogP contribution < -0.4 is 15.4 Å². The monoisotopic (exact) mass is 500 g/mol. The van der Waals surface area contributed by atoms with Crippen LogP contribution in [0.4, 0.5) is 4.79 Å². The minimum atomic E-state index is -0.646. The lowest BCUT2D eigenvalue weighted by molar-refractivity contribution is 0.0959. The summed E-state index contributed by atoms with van der Waals surface area (Å²) in [6, 6.07) is 18.4. The molecule has 6 heteroatoms. The van der Waals surface area contributed by atoms with Crippen LogP contribution in [0.5, 0.6) is 11.5 Å². The van der Waals surface area contributed by atoms with E-state index in [2.05, 4.69) is 31.4 Å². The standard InChI is InChI=1S/C31H36N2O4/c1-4-5-10-19-37-26-18-17-21(16-15-20(2)3)27(29(26)34)30(35)33-31(36)32-28-24-13-8-6-11-22(24)23-12-7-9-14-25(23)28/h6-9,11-14,17-18,20,28,34H,4-5,10,15-16,19H2,1-3H3,(H2,32,33,35,36). The molecule has 37 heavy (non-hydrogen) atoms. The van der Waals surface area contributed by atoms with Crippen LogP contribution in [0.2, 0.25) is 0 Å². The van der Waals surface area contributed by atoms with Crippen molar-refractivity contribution in [2.24, 2.45) is 5.92 Å². The summed E-state index contributed by atoms with van der Waals surface area (Å²) in [6.45, 7) is 6.77. The number of ether oxygens (including phenoxy) is 1. The number of imide groups is 1. The molecule has 3 aromatic rings. The first-order chi connectivity index (χ1) is 17.9. The molecule has 1 aliphatic carbocycles. The van der Waals surface area contributed by atoms with E-state index in [9.17, 15) is 14.7 Å². The molecule has 1 aliphatic rings. The van der Waals surface area contributed by atoms with Crippen molar-refractivity contribution in [2.75, 3.05) is 6.61 Å². The third kappa shape index (κ3) is 5.96. The highest BCUT2D eigenvalue weighted by molar-refractivity contribution is 6.07. The van der Waals surface area contributed by atoms with E-state index in [0.717, 1.165) is 47.9 Å². The maximum Gasteiger partial charge on any atom is 0.322 e. The van der Waals surface area contributed by atoms with E-state index in [0.29, 0.717) is 24.5 Å². The van der Waals surface area contributed by atoms with E-state index in [1.165, 1.54) is 0 Å². The molecule has 0 radical (unpaired) electrons. The van der Waals surface area contributed by atoms with E-state index in [4.69, 9.17) is 4.74 Å². The molecule has 0 aromatic heterocycles. The minimum absolute atomic E-state index is 0.0935. The van der Waals surface area contributed by atoms with Crippen molar-refractivity contribution in [3.8, 4) is 22.6 Å². The summed E-state index contributed by atoms with van der Waals surface area (Å²) in [5.41, 5.74) is 4.88. The number of hydrogen-bond donors (Lipinski definition) is 3. The Kier molecular flexibility index (Phi) is 8.49. The van der Waals surface area contributed by atoms with E-state index in [1.807, 2.05) is 54.6 Å². The SMILES string of the molecule is CCCCCOc1ccc(CCC(C)C)c(C(=O)NC(=O)NC2c3ccccc3-c3ccccc32)c1O. The minimum Gasteiger partial charge on any atom is -0.504 e. The Balaban J connectivity index is 1.54. The van der Waals surface area contributed by atoms with Gasteiger partial charge in [0.25, 0.3) is 5.91 Å². The lowest BCUT2D eigenvalue weighted by Gasteiger charge is -2.18. The fraction of sp³-hybridized carbons (Fsp3) is 0.355. The zero-order valence-electron chi connectivity index (χ0n) is 21.8. The van der Waals surface area contributed by atoms with Gasteiger partial charge in [0.15, 0.2) is 11.5 Å². The summed E-state index contributed by atoms with van der Waals surface area (Å²) >= 11 is 0. The van der Waals surface area contributed by atoms with E-state index < -0.39 is 11.9 Å². The number of hydrogen-bond acceptors (Lipinski definition) is 4. The number of carbonyl (C=O) groups excluding carboxylic acids is 2. The molecule has 0 saturated carbocycles. The number of carbonyl (C=O) groups is 2. The maximum absolute atomic E-state index is 13.3. The van der Waals surface area contributed by atoms with Crippen LogP contribution in [-0.2, 0) is 6.42 Å². The summed E-state index contributed by atoms with van der Waals surface area (Å²) in [7, 11) is 0. The average Bonchev–Trinajstić information content (AvgIpc) is 3.19. The van der Waals surface area contributed by atoms with Crippen LogP contribution in [0.25, 0.3) is 11.1 Å². The van der Waals surface area contributed by atoms with Gasteiger partial charge in [-0.15, -0.1) is 0 Å². The summed E-state index contributed by atoms with van der Waals surface area (Å²) in [6.07, 6.45) is 4.39. The molecule has 3 aromatic carbocycles. The largest absolute Gasteiger partial charge is 0.504 e. The van der Waals surface area contributed by atoms with Gasteiger partial charge in [-0.25, -0.2) is 4.79 Å². The Morgan fingerprint density at radius 2 is 1.59 bits per heavy atom. The second-order valence-corrected chi connectivity index (χ2v) is 9.97. The Bertz CT molecular complexity index is 1220. The Morgan fingerprint density at radius 3 is 2.22 bits per heavy atom. The van der Waals surface area contributed by atoms with Crippen LogP contribution in [0.1, 0.15) is 79.5 Å². The highest BCUT2D eigenvalue weighted by Gasteiger charge is 2.30. The van der Waals surface area contributed by atoms with Crippen molar-refractivity contribution >= 4 is 11.9 Å². The molecule has 0 aliphatic heterocycles. The highest BCUT2D eigenvalue weighted by atomic mass is 16.5. The fourth-order valence-corrected chi connectivity index (χ4v) is 4.81. The highest BCUT2D eigenvalue weighted by Crippen LogP contribution is 2.43. The third-order valence-corrected chi connectivity index (χ3v) is 6.79. The first-order valence-corrected chi connectivity index (χ1v) is 13.2. The molecule has 3 N–H and O–H groups in total. The van der Waals surface area contributed by atoms with E-state index in [1.54, 1.807) is 6.07 Å². The number of phenolic OH excluding ortho intramolecular Hbond substituents is 1. The van der Waals surface area contributed by atoms with Gasteiger partial charge in [0.1, 0.15) is 0 Å². The molecular weight excluding hydrogens is 464 g/mol. The van der Waals surface area contributed by atoms with Crippen LogP contribution in [0.3, 0.4) is 0 Å². The molecule has 0 bridgehead atoms. The predicted octanol–water partition coefficient (Wildman–Crippen LogP) is 6.76. The van der Waals surface area contributed by atoms with Gasteiger partial charge in [-0.3, -0.25) is 10.1 Å². The number of benzene rings is 3. The van der Waals surface area contributed by atoms with Gasteiger partial charge < -0.3 is 15.2 Å². The molecular formula is C31H36N2O4.